The second-order valence-corrected chi connectivity index (χ2v) is 4.66. The van der Waals surface area contributed by atoms with Gasteiger partial charge in [0, 0.05) is 18.3 Å². The lowest BCUT2D eigenvalue weighted by Gasteiger charge is -2.10. The van der Waals surface area contributed by atoms with Crippen LogP contribution in [0.5, 0.6) is 0 Å². The van der Waals surface area contributed by atoms with Crippen molar-refractivity contribution in [3.05, 3.63) is 29.8 Å². The van der Waals surface area contributed by atoms with Gasteiger partial charge in [-0.2, -0.15) is 0 Å². The fourth-order valence-electron chi connectivity index (χ4n) is 1.58. The molecule has 1 aliphatic rings. The first-order valence-electron chi connectivity index (χ1n) is 5.96. The van der Waals surface area contributed by atoms with Gasteiger partial charge in [0.05, 0.1) is 11.3 Å². The second-order valence-electron chi connectivity index (χ2n) is 4.28. The summed E-state index contributed by atoms with van der Waals surface area (Å²) >= 11 is 5.50. The van der Waals surface area contributed by atoms with E-state index in [1.54, 1.807) is 24.3 Å². The fraction of sp³-hybridized carbons (Fsp3) is 0.385. The monoisotopic (exact) mass is 266 g/mol. The standard InChI is InChI=1S/C13H15ClN2O2/c14-8-7-12(17)16-11-4-2-1-3-10(11)13(18)15-9-5-6-9/h1-4,9H,5-8H2,(H,15,18)(H,16,17). The van der Waals surface area contributed by atoms with Gasteiger partial charge >= 0.3 is 0 Å². The lowest BCUT2D eigenvalue weighted by Crippen LogP contribution is -2.27. The zero-order chi connectivity index (χ0) is 13.0. The fourth-order valence-corrected chi connectivity index (χ4v) is 1.75. The van der Waals surface area contributed by atoms with Gasteiger partial charge < -0.3 is 10.6 Å². The average Bonchev–Trinajstić information content (AvgIpc) is 3.14. The third-order valence-corrected chi connectivity index (χ3v) is 2.87. The van der Waals surface area contributed by atoms with E-state index in [-0.39, 0.29) is 24.1 Å². The van der Waals surface area contributed by atoms with E-state index >= 15 is 0 Å². The van der Waals surface area contributed by atoms with E-state index in [1.807, 2.05) is 0 Å². The Balaban J connectivity index is 2.08. The van der Waals surface area contributed by atoms with Crippen molar-refractivity contribution in [1.29, 1.82) is 0 Å². The summed E-state index contributed by atoms with van der Waals surface area (Å²) in [6, 6.07) is 7.27. The van der Waals surface area contributed by atoms with Crippen LogP contribution in [0.2, 0.25) is 0 Å². The summed E-state index contributed by atoms with van der Waals surface area (Å²) in [6.45, 7) is 0. The van der Waals surface area contributed by atoms with Crippen LogP contribution >= 0.6 is 11.6 Å². The number of alkyl halides is 1. The molecule has 0 heterocycles. The molecule has 1 aromatic carbocycles. The van der Waals surface area contributed by atoms with E-state index in [9.17, 15) is 9.59 Å². The van der Waals surface area contributed by atoms with Gasteiger partial charge in [-0.1, -0.05) is 12.1 Å². The van der Waals surface area contributed by atoms with Gasteiger partial charge in [-0.3, -0.25) is 9.59 Å². The van der Waals surface area contributed by atoms with Crippen LogP contribution in [-0.4, -0.2) is 23.7 Å². The van der Waals surface area contributed by atoms with Gasteiger partial charge in [0.2, 0.25) is 5.91 Å². The van der Waals surface area contributed by atoms with Gasteiger partial charge in [-0.05, 0) is 25.0 Å². The predicted octanol–water partition coefficient (Wildman–Crippen LogP) is 2.15. The number of amides is 2. The molecule has 2 N–H and O–H groups in total. The summed E-state index contributed by atoms with van der Waals surface area (Å²) in [6.07, 6.45) is 2.30. The maximum atomic E-state index is 12.0. The lowest BCUT2D eigenvalue weighted by atomic mass is 10.1. The van der Waals surface area contributed by atoms with Gasteiger partial charge in [-0.25, -0.2) is 0 Å². The van der Waals surface area contributed by atoms with Crippen molar-refractivity contribution in [2.45, 2.75) is 25.3 Å². The summed E-state index contributed by atoms with van der Waals surface area (Å²) in [5.74, 6) is -0.0571. The third kappa shape index (κ3) is 3.47. The topological polar surface area (TPSA) is 58.2 Å². The summed E-state index contributed by atoms with van der Waals surface area (Å²) in [5, 5.41) is 5.60. The van der Waals surface area contributed by atoms with Crippen LogP contribution in [0.25, 0.3) is 0 Å². The molecule has 0 unspecified atom stereocenters. The molecule has 0 aliphatic heterocycles. The predicted molar refractivity (Wildman–Crippen MR) is 70.9 cm³/mol. The second kappa shape index (κ2) is 5.87. The van der Waals surface area contributed by atoms with Crippen LogP contribution in [0.3, 0.4) is 0 Å². The normalized spacial score (nSPS) is 14.1. The average molecular weight is 267 g/mol. The molecule has 0 aromatic heterocycles. The molecular weight excluding hydrogens is 252 g/mol. The van der Waals surface area contributed by atoms with Gasteiger partial charge in [0.25, 0.3) is 5.91 Å². The van der Waals surface area contributed by atoms with Crippen LogP contribution in [0.15, 0.2) is 24.3 Å². The Morgan fingerprint density at radius 2 is 2.00 bits per heavy atom. The molecule has 0 bridgehead atoms. The molecule has 1 aliphatic carbocycles. The Labute approximate surface area is 111 Å². The van der Waals surface area contributed by atoms with Gasteiger partial charge in [0.15, 0.2) is 0 Å². The first-order valence-corrected chi connectivity index (χ1v) is 6.50. The summed E-state index contributed by atoms with van der Waals surface area (Å²) < 4.78 is 0. The van der Waals surface area contributed by atoms with E-state index < -0.39 is 0 Å². The Hall–Kier alpha value is -1.55. The molecule has 1 fully saturated rings. The Morgan fingerprint density at radius 1 is 1.28 bits per heavy atom. The number of nitrogens with one attached hydrogen (secondary N) is 2. The van der Waals surface area contributed by atoms with Gasteiger partial charge in [-0.15, -0.1) is 11.6 Å². The van der Waals surface area contributed by atoms with Crippen LogP contribution < -0.4 is 10.6 Å². The molecule has 0 saturated heterocycles. The Bertz CT molecular complexity index is 458. The quantitative estimate of drug-likeness (QED) is 0.803. The molecule has 4 nitrogen and oxygen atoms in total. The largest absolute Gasteiger partial charge is 0.349 e. The number of hydrogen-bond donors (Lipinski definition) is 2. The number of hydrogen-bond acceptors (Lipinski definition) is 2. The van der Waals surface area contributed by atoms with Crippen molar-refractivity contribution in [2.24, 2.45) is 0 Å². The Kier molecular flexibility index (Phi) is 4.20. The zero-order valence-electron chi connectivity index (χ0n) is 9.91. The first kappa shape index (κ1) is 12.9. The summed E-state index contributed by atoms with van der Waals surface area (Å²) in [5.41, 5.74) is 1.03. The molecule has 1 aromatic rings. The number of rotatable bonds is 5. The molecule has 2 amide bonds. The van der Waals surface area contributed by atoms with Crippen molar-refractivity contribution in [3.8, 4) is 0 Å². The maximum absolute atomic E-state index is 12.0. The van der Waals surface area contributed by atoms with Gasteiger partial charge in [0.1, 0.15) is 0 Å². The van der Waals surface area contributed by atoms with E-state index in [1.165, 1.54) is 0 Å². The number of benzene rings is 1. The number of anilines is 1. The lowest BCUT2D eigenvalue weighted by molar-refractivity contribution is -0.115. The van der Waals surface area contributed by atoms with E-state index in [0.717, 1.165) is 12.8 Å². The highest BCUT2D eigenvalue weighted by molar-refractivity contribution is 6.19. The first-order chi connectivity index (χ1) is 8.70. The SMILES string of the molecule is O=C(CCCl)Nc1ccccc1C(=O)NC1CC1. The molecule has 96 valence electrons. The number of halogens is 1. The molecule has 0 radical (unpaired) electrons. The maximum Gasteiger partial charge on any atom is 0.253 e. The number of carbonyl (C=O) groups excluding carboxylic acids is 2. The van der Waals surface area contributed by atoms with Crippen molar-refractivity contribution < 1.29 is 9.59 Å². The minimum atomic E-state index is -0.184. The molecule has 0 spiro atoms. The molecule has 1 saturated carbocycles. The minimum Gasteiger partial charge on any atom is -0.349 e. The van der Waals surface area contributed by atoms with Crippen LogP contribution in [0.1, 0.15) is 29.6 Å². The molecular formula is C13H15ClN2O2. The minimum absolute atomic E-state index is 0.140. The molecule has 5 heteroatoms. The molecule has 18 heavy (non-hydrogen) atoms. The highest BCUT2D eigenvalue weighted by Crippen LogP contribution is 2.21. The Morgan fingerprint density at radius 3 is 2.67 bits per heavy atom. The van der Waals surface area contributed by atoms with Crippen molar-refractivity contribution in [1.82, 2.24) is 5.32 Å². The molecule has 0 atom stereocenters. The summed E-state index contributed by atoms with van der Waals surface area (Å²) in [4.78, 5) is 23.5. The smallest absolute Gasteiger partial charge is 0.253 e. The van der Waals surface area contributed by atoms with Crippen LogP contribution in [0, 0.1) is 0 Å². The number of carbonyl (C=O) groups is 2. The van der Waals surface area contributed by atoms with Crippen LogP contribution in [-0.2, 0) is 4.79 Å². The van der Waals surface area contributed by atoms with E-state index in [0.29, 0.717) is 17.3 Å². The number of para-hydroxylation sites is 1. The van der Waals surface area contributed by atoms with Crippen molar-refractivity contribution in [2.75, 3.05) is 11.2 Å². The van der Waals surface area contributed by atoms with Crippen molar-refractivity contribution >= 4 is 29.1 Å². The highest BCUT2D eigenvalue weighted by Gasteiger charge is 2.24. The molecule has 2 rings (SSSR count). The summed E-state index contributed by atoms with van der Waals surface area (Å²) in [7, 11) is 0. The zero-order valence-corrected chi connectivity index (χ0v) is 10.7. The highest BCUT2D eigenvalue weighted by atomic mass is 35.5. The third-order valence-electron chi connectivity index (χ3n) is 2.68. The van der Waals surface area contributed by atoms with E-state index in [4.69, 9.17) is 11.6 Å². The van der Waals surface area contributed by atoms with Crippen LogP contribution in [0.4, 0.5) is 5.69 Å². The van der Waals surface area contributed by atoms with Crippen molar-refractivity contribution in [3.63, 3.8) is 0 Å². The van der Waals surface area contributed by atoms with E-state index in [2.05, 4.69) is 10.6 Å².